The first-order valence-electron chi connectivity index (χ1n) is 11.1. The van der Waals surface area contributed by atoms with Gasteiger partial charge >= 0.3 is 11.9 Å². The first kappa shape index (κ1) is 24.9. The molecule has 37 heavy (non-hydrogen) atoms. The highest BCUT2D eigenvalue weighted by Crippen LogP contribution is 2.26. The van der Waals surface area contributed by atoms with E-state index in [0.29, 0.717) is 17.1 Å². The molecule has 0 aliphatic rings. The summed E-state index contributed by atoms with van der Waals surface area (Å²) in [6.45, 7) is 0. The molecule has 0 spiro atoms. The Morgan fingerprint density at radius 1 is 0.676 bits per heavy atom. The number of aliphatic imine (C=N–C) groups is 2. The van der Waals surface area contributed by atoms with Crippen LogP contribution in [0.3, 0.4) is 0 Å². The SMILES string of the molecule is COC(=O)c1ccc(N=Cc2ccc(C=Nc3ccc(C(=O)Oc4ccccc4)c(O)c3)cc2)cc1O. The second kappa shape index (κ2) is 11.5. The van der Waals surface area contributed by atoms with Gasteiger partial charge in [0, 0.05) is 24.6 Å². The third-order valence-electron chi connectivity index (χ3n) is 5.20. The van der Waals surface area contributed by atoms with Gasteiger partial charge in [-0.3, -0.25) is 9.98 Å². The van der Waals surface area contributed by atoms with Gasteiger partial charge in [-0.25, -0.2) is 9.59 Å². The van der Waals surface area contributed by atoms with Gasteiger partial charge in [0.2, 0.25) is 0 Å². The number of esters is 2. The summed E-state index contributed by atoms with van der Waals surface area (Å²) in [6, 6.07) is 24.9. The van der Waals surface area contributed by atoms with E-state index >= 15 is 0 Å². The zero-order valence-corrected chi connectivity index (χ0v) is 19.7. The molecule has 0 aromatic heterocycles. The van der Waals surface area contributed by atoms with Crippen molar-refractivity contribution < 1.29 is 29.3 Å². The van der Waals surface area contributed by atoms with Gasteiger partial charge in [0.25, 0.3) is 0 Å². The standard InChI is InChI=1S/C29H22N2O6/c1-36-28(34)24-13-11-21(15-26(24)32)30-17-19-7-9-20(10-8-19)18-31-22-12-14-25(27(33)16-22)29(35)37-23-5-3-2-4-6-23/h2-18,32-33H,1H3. The molecule has 4 rings (SSSR count). The molecular formula is C29H22N2O6. The maximum absolute atomic E-state index is 12.3. The summed E-state index contributed by atoms with van der Waals surface area (Å²) in [5.41, 5.74) is 2.68. The minimum absolute atomic E-state index is 0.0414. The van der Waals surface area contributed by atoms with Crippen LogP contribution in [0, 0.1) is 0 Å². The minimum Gasteiger partial charge on any atom is -0.507 e. The summed E-state index contributed by atoms with van der Waals surface area (Å²) in [6.07, 6.45) is 3.25. The summed E-state index contributed by atoms with van der Waals surface area (Å²) >= 11 is 0. The van der Waals surface area contributed by atoms with Gasteiger partial charge in [0.15, 0.2) is 0 Å². The Kier molecular flexibility index (Phi) is 7.70. The second-order valence-electron chi connectivity index (χ2n) is 7.78. The molecule has 0 saturated carbocycles. The van der Waals surface area contributed by atoms with Gasteiger partial charge in [-0.05, 0) is 47.5 Å². The van der Waals surface area contributed by atoms with Crippen LogP contribution in [-0.4, -0.2) is 41.7 Å². The fourth-order valence-electron chi connectivity index (χ4n) is 3.27. The number of phenolic OH excluding ortho intramolecular Hbond substituents is 2. The van der Waals surface area contributed by atoms with Crippen molar-refractivity contribution in [3.63, 3.8) is 0 Å². The molecule has 0 aliphatic carbocycles. The van der Waals surface area contributed by atoms with Crippen molar-refractivity contribution in [2.45, 2.75) is 0 Å². The zero-order chi connectivity index (χ0) is 26.2. The summed E-state index contributed by atoms with van der Waals surface area (Å²) in [7, 11) is 1.24. The summed E-state index contributed by atoms with van der Waals surface area (Å²) < 4.78 is 9.86. The fourth-order valence-corrected chi connectivity index (χ4v) is 3.27. The van der Waals surface area contributed by atoms with Crippen molar-refractivity contribution in [1.82, 2.24) is 0 Å². The van der Waals surface area contributed by atoms with E-state index in [2.05, 4.69) is 14.7 Å². The molecule has 184 valence electrons. The highest BCUT2D eigenvalue weighted by Gasteiger charge is 2.14. The number of methoxy groups -OCH3 is 1. The van der Waals surface area contributed by atoms with Crippen LogP contribution in [0.2, 0.25) is 0 Å². The van der Waals surface area contributed by atoms with Crippen LogP contribution in [0.25, 0.3) is 0 Å². The lowest BCUT2D eigenvalue weighted by atomic mass is 10.1. The highest BCUT2D eigenvalue weighted by atomic mass is 16.5. The third-order valence-corrected chi connectivity index (χ3v) is 5.20. The Morgan fingerprint density at radius 2 is 1.16 bits per heavy atom. The molecule has 0 aliphatic heterocycles. The van der Waals surface area contributed by atoms with E-state index in [-0.39, 0.29) is 22.6 Å². The van der Waals surface area contributed by atoms with E-state index < -0.39 is 11.9 Å². The molecule has 0 heterocycles. The monoisotopic (exact) mass is 494 g/mol. The molecule has 4 aromatic rings. The number of benzene rings is 4. The first-order valence-corrected chi connectivity index (χ1v) is 11.1. The molecule has 0 bridgehead atoms. The van der Waals surface area contributed by atoms with Gasteiger partial charge in [0.1, 0.15) is 28.4 Å². The number of hydrogen-bond acceptors (Lipinski definition) is 8. The topological polar surface area (TPSA) is 118 Å². The molecule has 0 unspecified atom stereocenters. The van der Waals surface area contributed by atoms with E-state index in [1.807, 2.05) is 30.3 Å². The maximum Gasteiger partial charge on any atom is 0.347 e. The largest absolute Gasteiger partial charge is 0.507 e. The molecule has 0 amide bonds. The van der Waals surface area contributed by atoms with Crippen LogP contribution in [0.1, 0.15) is 31.8 Å². The Labute approximate surface area is 212 Å². The molecule has 8 heteroatoms. The van der Waals surface area contributed by atoms with Crippen LogP contribution in [-0.2, 0) is 4.74 Å². The van der Waals surface area contributed by atoms with Crippen LogP contribution >= 0.6 is 0 Å². The van der Waals surface area contributed by atoms with Crippen LogP contribution in [0.5, 0.6) is 17.2 Å². The van der Waals surface area contributed by atoms with Gasteiger partial charge in [0.05, 0.1) is 18.5 Å². The molecule has 2 N–H and O–H groups in total. The molecule has 0 fully saturated rings. The lowest BCUT2D eigenvalue weighted by Gasteiger charge is -2.06. The number of carbonyl (C=O) groups excluding carboxylic acids is 2. The van der Waals surface area contributed by atoms with Gasteiger partial charge in [-0.2, -0.15) is 0 Å². The number of aromatic hydroxyl groups is 2. The first-order chi connectivity index (χ1) is 17.9. The van der Waals surface area contributed by atoms with Crippen molar-refractivity contribution in [3.05, 3.63) is 113 Å². The van der Waals surface area contributed by atoms with E-state index in [1.165, 1.54) is 31.4 Å². The lowest BCUT2D eigenvalue weighted by Crippen LogP contribution is -2.08. The van der Waals surface area contributed by atoms with Crippen molar-refractivity contribution in [2.75, 3.05) is 7.11 Å². The summed E-state index contributed by atoms with van der Waals surface area (Å²) in [5, 5.41) is 20.2. The Morgan fingerprint density at radius 3 is 1.62 bits per heavy atom. The number of nitrogens with zero attached hydrogens (tertiary/aromatic N) is 2. The molecule has 0 radical (unpaired) electrons. The fraction of sp³-hybridized carbons (Fsp3) is 0.0345. The minimum atomic E-state index is -0.661. The Hall–Kier alpha value is -5.24. The van der Waals surface area contributed by atoms with E-state index in [0.717, 1.165) is 11.1 Å². The smallest absolute Gasteiger partial charge is 0.347 e. The van der Waals surface area contributed by atoms with Gasteiger partial charge < -0.3 is 19.7 Å². The predicted molar refractivity (Wildman–Crippen MR) is 140 cm³/mol. The van der Waals surface area contributed by atoms with E-state index in [4.69, 9.17) is 4.74 Å². The van der Waals surface area contributed by atoms with Crippen LogP contribution < -0.4 is 4.74 Å². The number of para-hydroxylation sites is 1. The number of rotatable bonds is 7. The average molecular weight is 495 g/mol. The number of phenols is 2. The molecular weight excluding hydrogens is 472 g/mol. The number of carbonyl (C=O) groups is 2. The zero-order valence-electron chi connectivity index (χ0n) is 19.7. The van der Waals surface area contributed by atoms with Crippen molar-refractivity contribution in [1.29, 1.82) is 0 Å². The van der Waals surface area contributed by atoms with Crippen molar-refractivity contribution in [2.24, 2.45) is 9.98 Å². The van der Waals surface area contributed by atoms with Crippen LogP contribution in [0.4, 0.5) is 11.4 Å². The Bertz CT molecular complexity index is 1480. The predicted octanol–water partition coefficient (Wildman–Crippen LogP) is 5.60. The molecule has 0 atom stereocenters. The third kappa shape index (κ3) is 6.46. The van der Waals surface area contributed by atoms with Gasteiger partial charge in [-0.1, -0.05) is 42.5 Å². The van der Waals surface area contributed by atoms with Gasteiger partial charge in [-0.15, -0.1) is 0 Å². The summed E-state index contributed by atoms with van der Waals surface area (Å²) in [4.78, 5) is 32.5. The maximum atomic E-state index is 12.3. The quantitative estimate of drug-likeness (QED) is 0.196. The second-order valence-corrected chi connectivity index (χ2v) is 7.78. The highest BCUT2D eigenvalue weighted by molar-refractivity contribution is 5.95. The lowest BCUT2D eigenvalue weighted by molar-refractivity contribution is 0.0597. The van der Waals surface area contributed by atoms with Crippen molar-refractivity contribution >= 4 is 35.7 Å². The Balaban J connectivity index is 1.39. The molecule has 8 nitrogen and oxygen atoms in total. The number of hydrogen-bond donors (Lipinski definition) is 2. The molecule has 4 aromatic carbocycles. The van der Waals surface area contributed by atoms with E-state index in [9.17, 15) is 19.8 Å². The van der Waals surface area contributed by atoms with Crippen molar-refractivity contribution in [3.8, 4) is 17.2 Å². The van der Waals surface area contributed by atoms with Crippen LogP contribution in [0.15, 0.2) is 101 Å². The molecule has 0 saturated heterocycles. The average Bonchev–Trinajstić information content (AvgIpc) is 2.91. The summed E-state index contributed by atoms with van der Waals surface area (Å²) in [5.74, 6) is -1.33. The normalized spacial score (nSPS) is 11.1. The number of ether oxygens (including phenoxy) is 2. The van der Waals surface area contributed by atoms with E-state index in [1.54, 1.807) is 48.8 Å².